The zero-order chi connectivity index (χ0) is 20.6. The third kappa shape index (κ3) is 5.35. The van der Waals surface area contributed by atoms with Crippen LogP contribution in [0.15, 0.2) is 60.7 Å². The first-order chi connectivity index (χ1) is 14.1. The Labute approximate surface area is 168 Å². The SMILES string of the molecule is COc1ccc2cc(CNC(=O)NCCNc3ccccc3[N+](=O)[O-])ccc2c1. The van der Waals surface area contributed by atoms with E-state index >= 15 is 0 Å². The van der Waals surface area contributed by atoms with Crippen molar-refractivity contribution in [1.29, 1.82) is 0 Å². The van der Waals surface area contributed by atoms with Gasteiger partial charge in [-0.05, 0) is 40.6 Å². The summed E-state index contributed by atoms with van der Waals surface area (Å²) >= 11 is 0. The van der Waals surface area contributed by atoms with Crippen molar-refractivity contribution in [3.8, 4) is 5.75 Å². The Morgan fingerprint density at radius 2 is 1.76 bits per heavy atom. The molecule has 0 fully saturated rings. The Morgan fingerprint density at radius 3 is 2.55 bits per heavy atom. The van der Waals surface area contributed by atoms with Gasteiger partial charge in [-0.1, -0.05) is 30.3 Å². The molecule has 29 heavy (non-hydrogen) atoms. The summed E-state index contributed by atoms with van der Waals surface area (Å²) in [7, 11) is 1.63. The third-order valence-corrected chi connectivity index (χ3v) is 4.39. The lowest BCUT2D eigenvalue weighted by Gasteiger charge is -2.10. The van der Waals surface area contributed by atoms with Crippen LogP contribution in [0.1, 0.15) is 5.56 Å². The van der Waals surface area contributed by atoms with Gasteiger partial charge < -0.3 is 20.7 Å². The Bertz CT molecular complexity index is 1020. The van der Waals surface area contributed by atoms with Gasteiger partial charge in [-0.15, -0.1) is 0 Å². The largest absolute Gasteiger partial charge is 0.497 e. The summed E-state index contributed by atoms with van der Waals surface area (Å²) < 4.78 is 5.22. The average Bonchev–Trinajstić information content (AvgIpc) is 2.75. The second kappa shape index (κ2) is 9.41. The van der Waals surface area contributed by atoms with Crippen molar-refractivity contribution >= 4 is 28.2 Å². The van der Waals surface area contributed by atoms with Gasteiger partial charge in [-0.3, -0.25) is 10.1 Å². The molecule has 0 aromatic heterocycles. The number of benzene rings is 3. The third-order valence-electron chi connectivity index (χ3n) is 4.39. The minimum Gasteiger partial charge on any atom is -0.497 e. The van der Waals surface area contributed by atoms with E-state index in [9.17, 15) is 14.9 Å². The van der Waals surface area contributed by atoms with Crippen LogP contribution in [0.3, 0.4) is 0 Å². The maximum atomic E-state index is 12.0. The van der Waals surface area contributed by atoms with E-state index in [1.54, 1.807) is 25.3 Å². The molecule has 3 aromatic rings. The maximum absolute atomic E-state index is 12.0. The number of nitrogens with zero attached hydrogens (tertiary/aromatic N) is 1. The highest BCUT2D eigenvalue weighted by atomic mass is 16.6. The van der Waals surface area contributed by atoms with Crippen LogP contribution in [0.5, 0.6) is 5.75 Å². The highest BCUT2D eigenvalue weighted by Crippen LogP contribution is 2.23. The first-order valence-electron chi connectivity index (χ1n) is 9.12. The fraction of sp³-hybridized carbons (Fsp3) is 0.190. The summed E-state index contributed by atoms with van der Waals surface area (Å²) in [5.41, 5.74) is 1.41. The Balaban J connectivity index is 1.44. The molecule has 2 amide bonds. The zero-order valence-electron chi connectivity index (χ0n) is 16.0. The summed E-state index contributed by atoms with van der Waals surface area (Å²) in [6.45, 7) is 1.09. The summed E-state index contributed by atoms with van der Waals surface area (Å²) in [4.78, 5) is 22.5. The normalized spacial score (nSPS) is 10.4. The molecular weight excluding hydrogens is 372 g/mol. The molecule has 8 heteroatoms. The van der Waals surface area contributed by atoms with Crippen molar-refractivity contribution in [2.75, 3.05) is 25.5 Å². The van der Waals surface area contributed by atoms with Gasteiger partial charge >= 0.3 is 6.03 Å². The Morgan fingerprint density at radius 1 is 1.00 bits per heavy atom. The van der Waals surface area contributed by atoms with Crippen molar-refractivity contribution in [2.24, 2.45) is 0 Å². The molecule has 0 aliphatic heterocycles. The number of methoxy groups -OCH3 is 1. The van der Waals surface area contributed by atoms with E-state index in [0.29, 0.717) is 25.3 Å². The second-order valence-corrected chi connectivity index (χ2v) is 6.36. The molecule has 0 heterocycles. The van der Waals surface area contributed by atoms with Gasteiger partial charge in [0.2, 0.25) is 0 Å². The van der Waals surface area contributed by atoms with Gasteiger partial charge in [-0.2, -0.15) is 0 Å². The summed E-state index contributed by atoms with van der Waals surface area (Å²) in [6, 6.07) is 17.9. The van der Waals surface area contributed by atoms with Crippen molar-refractivity contribution in [2.45, 2.75) is 6.54 Å². The van der Waals surface area contributed by atoms with Crippen LogP contribution in [-0.4, -0.2) is 31.2 Å². The van der Waals surface area contributed by atoms with Gasteiger partial charge in [0.1, 0.15) is 11.4 Å². The van der Waals surface area contributed by atoms with Crippen LogP contribution in [-0.2, 0) is 6.54 Å². The van der Waals surface area contributed by atoms with E-state index in [2.05, 4.69) is 16.0 Å². The molecule has 3 rings (SSSR count). The number of carbonyl (C=O) groups excluding carboxylic acids is 1. The average molecular weight is 394 g/mol. The number of ether oxygens (including phenoxy) is 1. The van der Waals surface area contributed by atoms with Crippen LogP contribution in [0, 0.1) is 10.1 Å². The molecule has 0 aliphatic rings. The number of hydrogen-bond donors (Lipinski definition) is 3. The lowest BCUT2D eigenvalue weighted by atomic mass is 10.1. The molecule has 0 aliphatic carbocycles. The highest BCUT2D eigenvalue weighted by molar-refractivity contribution is 5.84. The molecule has 3 aromatic carbocycles. The number of anilines is 1. The van der Waals surface area contributed by atoms with Gasteiger partial charge in [0.05, 0.1) is 12.0 Å². The minimum atomic E-state index is -0.442. The molecule has 0 unspecified atom stereocenters. The number of amides is 2. The molecule has 0 saturated carbocycles. The molecular formula is C21H22N4O4. The van der Waals surface area contributed by atoms with E-state index in [-0.39, 0.29) is 11.7 Å². The van der Waals surface area contributed by atoms with E-state index in [1.165, 1.54) is 6.07 Å². The predicted octanol–water partition coefficient (Wildman–Crippen LogP) is 3.67. The molecule has 8 nitrogen and oxygen atoms in total. The predicted molar refractivity (Wildman–Crippen MR) is 112 cm³/mol. The van der Waals surface area contributed by atoms with E-state index in [0.717, 1.165) is 22.1 Å². The fourth-order valence-electron chi connectivity index (χ4n) is 2.91. The van der Waals surface area contributed by atoms with Crippen molar-refractivity contribution < 1.29 is 14.5 Å². The molecule has 0 atom stereocenters. The van der Waals surface area contributed by atoms with Crippen LogP contribution in [0.2, 0.25) is 0 Å². The van der Waals surface area contributed by atoms with Crippen LogP contribution in [0.25, 0.3) is 10.8 Å². The number of urea groups is 1. The fourth-order valence-corrected chi connectivity index (χ4v) is 2.91. The van der Waals surface area contributed by atoms with Crippen molar-refractivity contribution in [3.05, 3.63) is 76.3 Å². The second-order valence-electron chi connectivity index (χ2n) is 6.36. The lowest BCUT2D eigenvalue weighted by Crippen LogP contribution is -2.37. The highest BCUT2D eigenvalue weighted by Gasteiger charge is 2.11. The number of fused-ring (bicyclic) bond motifs is 1. The number of nitro groups is 1. The Hall–Kier alpha value is -3.81. The number of carbonyl (C=O) groups is 1. The number of nitro benzene ring substituents is 1. The first kappa shape index (κ1) is 19.9. The molecule has 0 saturated heterocycles. The van der Waals surface area contributed by atoms with Gasteiger partial charge in [0.15, 0.2) is 0 Å². The molecule has 0 bridgehead atoms. The quantitative estimate of drug-likeness (QED) is 0.307. The van der Waals surface area contributed by atoms with Crippen LogP contribution >= 0.6 is 0 Å². The number of hydrogen-bond acceptors (Lipinski definition) is 5. The zero-order valence-corrected chi connectivity index (χ0v) is 16.0. The van der Waals surface area contributed by atoms with E-state index in [1.807, 2.05) is 36.4 Å². The smallest absolute Gasteiger partial charge is 0.315 e. The van der Waals surface area contributed by atoms with E-state index < -0.39 is 4.92 Å². The summed E-state index contributed by atoms with van der Waals surface area (Å²) in [5.74, 6) is 0.803. The summed E-state index contributed by atoms with van der Waals surface area (Å²) in [6.07, 6.45) is 0. The van der Waals surface area contributed by atoms with Gasteiger partial charge in [-0.25, -0.2) is 4.79 Å². The van der Waals surface area contributed by atoms with Gasteiger partial charge in [0.25, 0.3) is 5.69 Å². The van der Waals surface area contributed by atoms with Crippen LogP contribution in [0.4, 0.5) is 16.2 Å². The van der Waals surface area contributed by atoms with Crippen LogP contribution < -0.4 is 20.7 Å². The van der Waals surface area contributed by atoms with Crippen molar-refractivity contribution in [3.63, 3.8) is 0 Å². The standard InChI is InChI=1S/C21H22N4O4/c1-29-18-9-8-16-12-15(6-7-17(16)13-18)14-24-21(26)23-11-10-22-19-4-2-3-5-20(19)25(27)28/h2-9,12-13,22H,10-11,14H2,1H3,(H2,23,24,26). The maximum Gasteiger partial charge on any atom is 0.315 e. The van der Waals surface area contributed by atoms with Crippen molar-refractivity contribution in [1.82, 2.24) is 10.6 Å². The monoisotopic (exact) mass is 394 g/mol. The Kier molecular flexibility index (Phi) is 6.47. The number of para-hydroxylation sites is 2. The molecule has 0 spiro atoms. The molecule has 150 valence electrons. The number of nitrogens with one attached hydrogen (secondary N) is 3. The first-order valence-corrected chi connectivity index (χ1v) is 9.12. The van der Waals surface area contributed by atoms with E-state index in [4.69, 9.17) is 4.74 Å². The topological polar surface area (TPSA) is 106 Å². The minimum absolute atomic E-state index is 0.00544. The summed E-state index contributed by atoms with van der Waals surface area (Å²) in [5, 5.41) is 21.6. The molecule has 3 N–H and O–H groups in total. The van der Waals surface area contributed by atoms with Gasteiger partial charge in [0, 0.05) is 25.7 Å². The molecule has 0 radical (unpaired) electrons. The number of rotatable bonds is 8. The lowest BCUT2D eigenvalue weighted by molar-refractivity contribution is -0.384.